The molecule has 0 radical (unpaired) electrons. The molecule has 1 amide bonds. The predicted molar refractivity (Wildman–Crippen MR) is 83.1 cm³/mol. The smallest absolute Gasteiger partial charge is 0.257 e. The SMILES string of the molecule is CN1CCNc2ccc(C#N)cc2Oc2ccccc2C1=O. The number of carbonyl (C=O) groups excluding carboxylic acids is 1. The monoisotopic (exact) mass is 293 g/mol. The summed E-state index contributed by atoms with van der Waals surface area (Å²) in [4.78, 5) is 14.1. The van der Waals surface area contributed by atoms with E-state index < -0.39 is 0 Å². The van der Waals surface area contributed by atoms with Crippen LogP contribution in [-0.2, 0) is 0 Å². The van der Waals surface area contributed by atoms with Crippen molar-refractivity contribution in [3.05, 3.63) is 53.6 Å². The van der Waals surface area contributed by atoms with Gasteiger partial charge in [-0.3, -0.25) is 4.79 Å². The number of hydrogen-bond donors (Lipinski definition) is 1. The summed E-state index contributed by atoms with van der Waals surface area (Å²) in [6.07, 6.45) is 0. The summed E-state index contributed by atoms with van der Waals surface area (Å²) >= 11 is 0. The zero-order valence-electron chi connectivity index (χ0n) is 12.2. The number of amides is 1. The summed E-state index contributed by atoms with van der Waals surface area (Å²) in [5.41, 5.74) is 1.83. The minimum absolute atomic E-state index is 0.0858. The number of anilines is 1. The number of nitrogens with one attached hydrogen (secondary N) is 1. The van der Waals surface area contributed by atoms with Crippen molar-refractivity contribution in [2.24, 2.45) is 0 Å². The van der Waals surface area contributed by atoms with Gasteiger partial charge in [-0.2, -0.15) is 5.26 Å². The quantitative estimate of drug-likeness (QED) is 0.811. The third-order valence-corrected chi connectivity index (χ3v) is 3.56. The molecule has 1 heterocycles. The van der Waals surface area contributed by atoms with Crippen molar-refractivity contribution in [1.82, 2.24) is 4.90 Å². The molecule has 0 spiro atoms. The van der Waals surface area contributed by atoms with Crippen molar-refractivity contribution in [2.75, 3.05) is 25.5 Å². The van der Waals surface area contributed by atoms with Crippen LogP contribution in [0.4, 0.5) is 5.69 Å². The molecule has 1 N–H and O–H groups in total. The summed E-state index contributed by atoms with van der Waals surface area (Å²) in [6.45, 7) is 1.18. The molecule has 0 aliphatic carbocycles. The van der Waals surface area contributed by atoms with Crippen LogP contribution in [0.2, 0.25) is 0 Å². The van der Waals surface area contributed by atoms with E-state index in [0.717, 1.165) is 5.69 Å². The Morgan fingerprint density at radius 2 is 2.05 bits per heavy atom. The average Bonchev–Trinajstić information content (AvgIpc) is 2.55. The second kappa shape index (κ2) is 5.78. The van der Waals surface area contributed by atoms with Crippen molar-refractivity contribution in [3.63, 3.8) is 0 Å². The van der Waals surface area contributed by atoms with Gasteiger partial charge in [0.25, 0.3) is 5.91 Å². The first kappa shape index (κ1) is 14.0. The highest BCUT2D eigenvalue weighted by molar-refractivity contribution is 5.97. The fourth-order valence-electron chi connectivity index (χ4n) is 2.34. The summed E-state index contributed by atoms with van der Waals surface area (Å²) in [5.74, 6) is 0.945. The van der Waals surface area contributed by atoms with E-state index in [4.69, 9.17) is 10.00 Å². The van der Waals surface area contributed by atoms with Crippen molar-refractivity contribution in [3.8, 4) is 17.6 Å². The minimum Gasteiger partial charge on any atom is -0.454 e. The Hall–Kier alpha value is -3.00. The lowest BCUT2D eigenvalue weighted by Crippen LogP contribution is -2.32. The molecule has 0 fully saturated rings. The number of nitriles is 1. The maximum absolute atomic E-state index is 12.5. The Balaban J connectivity index is 2.10. The van der Waals surface area contributed by atoms with Crippen LogP contribution in [0.1, 0.15) is 15.9 Å². The Labute approximate surface area is 128 Å². The van der Waals surface area contributed by atoms with Crippen molar-refractivity contribution < 1.29 is 9.53 Å². The van der Waals surface area contributed by atoms with Crippen LogP contribution in [0, 0.1) is 11.3 Å². The lowest BCUT2D eigenvalue weighted by Gasteiger charge is -2.23. The molecule has 2 aromatic rings. The van der Waals surface area contributed by atoms with Gasteiger partial charge in [-0.05, 0) is 24.3 Å². The van der Waals surface area contributed by atoms with Gasteiger partial charge in [0.1, 0.15) is 5.75 Å². The molecule has 5 nitrogen and oxygen atoms in total. The van der Waals surface area contributed by atoms with Crippen LogP contribution in [0.15, 0.2) is 42.5 Å². The van der Waals surface area contributed by atoms with Crippen molar-refractivity contribution >= 4 is 11.6 Å². The molecule has 0 aromatic heterocycles. The van der Waals surface area contributed by atoms with E-state index in [1.807, 2.05) is 18.2 Å². The fraction of sp³-hybridized carbons (Fsp3) is 0.176. The Kier molecular flexibility index (Phi) is 3.67. The maximum atomic E-state index is 12.5. The molecular weight excluding hydrogens is 278 g/mol. The number of rotatable bonds is 0. The van der Waals surface area contributed by atoms with Crippen LogP contribution in [0.3, 0.4) is 0 Å². The lowest BCUT2D eigenvalue weighted by molar-refractivity contribution is 0.0797. The van der Waals surface area contributed by atoms with Crippen LogP contribution < -0.4 is 10.1 Å². The average molecular weight is 293 g/mol. The largest absolute Gasteiger partial charge is 0.454 e. The van der Waals surface area contributed by atoms with Crippen LogP contribution in [0.25, 0.3) is 0 Å². The molecule has 1 aliphatic rings. The first-order chi connectivity index (χ1) is 10.7. The first-order valence-corrected chi connectivity index (χ1v) is 6.99. The lowest BCUT2D eigenvalue weighted by atomic mass is 10.1. The van der Waals surface area contributed by atoms with E-state index in [1.165, 1.54) is 0 Å². The number of hydrogen-bond acceptors (Lipinski definition) is 4. The summed E-state index contributed by atoms with van der Waals surface area (Å²) in [6, 6.07) is 14.5. The number of benzene rings is 2. The van der Waals surface area contributed by atoms with E-state index in [9.17, 15) is 4.79 Å². The molecule has 2 aromatic carbocycles. The van der Waals surface area contributed by atoms with E-state index in [-0.39, 0.29) is 5.91 Å². The molecule has 5 heteroatoms. The molecule has 3 rings (SSSR count). The molecule has 0 saturated carbocycles. The topological polar surface area (TPSA) is 65.4 Å². The van der Waals surface area contributed by atoms with Gasteiger partial charge in [-0.15, -0.1) is 0 Å². The van der Waals surface area contributed by atoms with Gasteiger partial charge in [-0.25, -0.2) is 0 Å². The number of likely N-dealkylation sites (N-methyl/N-ethyl adjacent to an activating group) is 1. The maximum Gasteiger partial charge on any atom is 0.257 e. The molecule has 0 bridgehead atoms. The zero-order chi connectivity index (χ0) is 15.5. The predicted octanol–water partition coefficient (Wildman–Crippen LogP) is 2.85. The molecule has 0 unspecified atom stereocenters. The van der Waals surface area contributed by atoms with E-state index in [2.05, 4.69) is 11.4 Å². The number of nitrogens with zero attached hydrogens (tertiary/aromatic N) is 2. The third-order valence-electron chi connectivity index (χ3n) is 3.56. The number of fused-ring (bicyclic) bond motifs is 2. The highest BCUT2D eigenvalue weighted by Crippen LogP contribution is 2.33. The van der Waals surface area contributed by atoms with Gasteiger partial charge >= 0.3 is 0 Å². The van der Waals surface area contributed by atoms with Gasteiger partial charge in [0.05, 0.1) is 22.9 Å². The molecule has 22 heavy (non-hydrogen) atoms. The molecule has 1 aliphatic heterocycles. The molecular formula is C17H15N3O2. The van der Waals surface area contributed by atoms with Crippen LogP contribution in [0.5, 0.6) is 11.5 Å². The molecule has 0 atom stereocenters. The third kappa shape index (κ3) is 2.59. The van der Waals surface area contributed by atoms with E-state index >= 15 is 0 Å². The highest BCUT2D eigenvalue weighted by Gasteiger charge is 2.19. The van der Waals surface area contributed by atoms with Crippen LogP contribution >= 0.6 is 0 Å². The van der Waals surface area contributed by atoms with Gasteiger partial charge < -0.3 is 15.0 Å². The fourth-order valence-corrected chi connectivity index (χ4v) is 2.34. The zero-order valence-corrected chi connectivity index (χ0v) is 12.2. The van der Waals surface area contributed by atoms with Crippen LogP contribution in [-0.4, -0.2) is 30.9 Å². The molecule has 110 valence electrons. The second-order valence-corrected chi connectivity index (χ2v) is 5.07. The second-order valence-electron chi connectivity index (χ2n) is 5.07. The van der Waals surface area contributed by atoms with Gasteiger partial charge in [0.15, 0.2) is 5.75 Å². The summed E-state index contributed by atoms with van der Waals surface area (Å²) in [7, 11) is 1.77. The Morgan fingerprint density at radius 1 is 1.23 bits per heavy atom. The van der Waals surface area contributed by atoms with Gasteiger partial charge in [0.2, 0.25) is 0 Å². The highest BCUT2D eigenvalue weighted by atomic mass is 16.5. The summed E-state index contributed by atoms with van der Waals surface area (Å²) < 4.78 is 5.92. The van der Waals surface area contributed by atoms with Crippen molar-refractivity contribution in [2.45, 2.75) is 0 Å². The number of ether oxygens (including phenoxy) is 1. The van der Waals surface area contributed by atoms with E-state index in [1.54, 1.807) is 36.2 Å². The first-order valence-electron chi connectivity index (χ1n) is 6.99. The summed E-state index contributed by atoms with van der Waals surface area (Å²) in [5, 5.41) is 12.3. The normalized spacial score (nSPS) is 14.0. The standard InChI is InChI=1S/C17H15N3O2/c1-20-9-8-19-14-7-6-12(11-18)10-16(14)22-15-5-3-2-4-13(15)17(20)21/h2-7,10,19H,8-9H2,1H3. The Morgan fingerprint density at radius 3 is 2.86 bits per heavy atom. The van der Waals surface area contributed by atoms with Crippen molar-refractivity contribution in [1.29, 1.82) is 5.26 Å². The van der Waals surface area contributed by atoms with Gasteiger partial charge in [-0.1, -0.05) is 12.1 Å². The number of carbonyl (C=O) groups is 1. The Bertz CT molecular complexity index is 765. The van der Waals surface area contributed by atoms with E-state index in [0.29, 0.717) is 35.7 Å². The number of para-hydroxylation sites is 1. The molecule has 0 saturated heterocycles. The van der Waals surface area contributed by atoms with Gasteiger partial charge in [0, 0.05) is 26.2 Å². The minimum atomic E-state index is -0.0858.